The lowest BCUT2D eigenvalue weighted by Crippen LogP contribution is -2.24. The molecule has 4 aromatic rings. The van der Waals surface area contributed by atoms with Gasteiger partial charge < -0.3 is 9.25 Å². The van der Waals surface area contributed by atoms with E-state index in [1.165, 1.54) is 38.2 Å². The van der Waals surface area contributed by atoms with Crippen molar-refractivity contribution in [2.75, 3.05) is 0 Å². The van der Waals surface area contributed by atoms with Crippen LogP contribution in [-0.4, -0.2) is 17.5 Å². The van der Waals surface area contributed by atoms with E-state index in [9.17, 15) is 9.59 Å². The molecule has 5 rings (SSSR count). The van der Waals surface area contributed by atoms with Gasteiger partial charge in [-0.15, -0.1) is 0 Å². The Morgan fingerprint density at radius 1 is 0.867 bits per heavy atom. The van der Waals surface area contributed by atoms with Gasteiger partial charge in [-0.1, -0.05) is 95.4 Å². The second-order valence-electron chi connectivity index (χ2n) is 14.3. The maximum atomic E-state index is 13.3. The van der Waals surface area contributed by atoms with Crippen molar-refractivity contribution in [2.24, 2.45) is 16.5 Å². The van der Waals surface area contributed by atoms with Gasteiger partial charge in [0.05, 0.1) is 5.71 Å². The molecule has 3 aromatic carbocycles. The van der Waals surface area contributed by atoms with Crippen LogP contribution >= 0.6 is 11.8 Å². The molecule has 45 heavy (non-hydrogen) atoms. The predicted octanol–water partition coefficient (Wildman–Crippen LogP) is 10.8. The molecule has 1 aromatic heterocycles. The number of fused-ring (bicyclic) bond motifs is 1. The van der Waals surface area contributed by atoms with E-state index < -0.39 is 5.97 Å². The normalized spacial score (nSPS) is 14.7. The number of benzene rings is 3. The van der Waals surface area contributed by atoms with Crippen LogP contribution in [0.4, 0.5) is 0 Å². The van der Waals surface area contributed by atoms with E-state index in [-0.39, 0.29) is 16.6 Å². The van der Waals surface area contributed by atoms with Crippen LogP contribution in [0.1, 0.15) is 114 Å². The Morgan fingerprint density at radius 3 is 2.09 bits per heavy atom. The highest BCUT2D eigenvalue weighted by molar-refractivity contribution is 7.99. The first-order chi connectivity index (χ1) is 21.4. The highest BCUT2D eigenvalue weighted by Crippen LogP contribution is 2.38. The molecule has 0 aliphatic heterocycles. The molecular formula is C39H45NO4S. The average molecular weight is 624 g/mol. The number of hydrogen-bond donors (Lipinski definition) is 0. The summed E-state index contributed by atoms with van der Waals surface area (Å²) >= 11 is 1.63. The molecule has 0 unspecified atom stereocenters. The van der Waals surface area contributed by atoms with E-state index >= 15 is 0 Å². The minimum atomic E-state index is -0.410. The molecule has 0 bridgehead atoms. The third-order valence-corrected chi connectivity index (χ3v) is 9.60. The highest BCUT2D eigenvalue weighted by Gasteiger charge is 2.28. The van der Waals surface area contributed by atoms with Crippen molar-refractivity contribution in [1.29, 1.82) is 0 Å². The molecular weight excluding hydrogens is 578 g/mol. The summed E-state index contributed by atoms with van der Waals surface area (Å²) < 4.78 is 5.99. The van der Waals surface area contributed by atoms with Gasteiger partial charge in [-0.3, -0.25) is 4.79 Å². The number of rotatable bonds is 11. The van der Waals surface area contributed by atoms with Crippen LogP contribution in [0.5, 0.6) is 0 Å². The van der Waals surface area contributed by atoms with Gasteiger partial charge in [0.2, 0.25) is 5.78 Å². The first kappa shape index (κ1) is 32.7. The number of nitrogens with zero attached hydrogens (tertiary/aromatic N) is 1. The zero-order valence-corrected chi connectivity index (χ0v) is 28.3. The first-order valence-corrected chi connectivity index (χ1v) is 16.9. The lowest BCUT2D eigenvalue weighted by atomic mass is 9.72. The van der Waals surface area contributed by atoms with Gasteiger partial charge in [0, 0.05) is 27.7 Å². The van der Waals surface area contributed by atoms with Gasteiger partial charge in [-0.2, -0.15) is 0 Å². The van der Waals surface area contributed by atoms with Crippen LogP contribution in [0.15, 0.2) is 92.2 Å². The third-order valence-electron chi connectivity index (χ3n) is 8.58. The molecule has 0 saturated heterocycles. The maximum Gasteiger partial charge on any atom is 0.331 e. The first-order valence-electron chi connectivity index (χ1n) is 16.1. The molecule has 1 aliphatic carbocycles. The van der Waals surface area contributed by atoms with Crippen LogP contribution in [0.25, 0.3) is 11.0 Å². The van der Waals surface area contributed by atoms with Crippen molar-refractivity contribution in [3.63, 3.8) is 0 Å². The Hall–Kier alpha value is -3.64. The van der Waals surface area contributed by atoms with Crippen molar-refractivity contribution < 1.29 is 18.8 Å². The number of furan rings is 1. The Bertz CT molecular complexity index is 1670. The summed E-state index contributed by atoms with van der Waals surface area (Å²) in [6.45, 7) is 12.7. The molecule has 236 valence electrons. The summed E-state index contributed by atoms with van der Waals surface area (Å²) in [5.74, 6) is 0.547. The van der Waals surface area contributed by atoms with Crippen molar-refractivity contribution >= 4 is 40.2 Å². The minimum Gasteiger partial charge on any atom is -0.453 e. The molecule has 0 spiro atoms. The number of carbonyl (C=O) groups excluding carboxylic acids is 2. The summed E-state index contributed by atoms with van der Waals surface area (Å²) in [7, 11) is 0. The van der Waals surface area contributed by atoms with E-state index in [0.717, 1.165) is 57.2 Å². The number of carbonyl (C=O) groups is 2. The van der Waals surface area contributed by atoms with E-state index in [0.29, 0.717) is 11.3 Å². The number of oxime groups is 1. The third kappa shape index (κ3) is 8.76. The van der Waals surface area contributed by atoms with Crippen LogP contribution < -0.4 is 0 Å². The Balaban J connectivity index is 1.24. The Labute approximate surface area is 271 Å². The minimum absolute atomic E-state index is 0.0104. The van der Waals surface area contributed by atoms with Gasteiger partial charge in [0.1, 0.15) is 5.58 Å². The predicted molar refractivity (Wildman–Crippen MR) is 183 cm³/mol. The van der Waals surface area contributed by atoms with Gasteiger partial charge in [-0.25, -0.2) is 4.79 Å². The van der Waals surface area contributed by atoms with E-state index in [1.807, 2.05) is 48.5 Å². The summed E-state index contributed by atoms with van der Waals surface area (Å²) in [5, 5.41) is 5.13. The monoisotopic (exact) mass is 623 g/mol. The van der Waals surface area contributed by atoms with Gasteiger partial charge in [-0.05, 0) is 102 Å². The van der Waals surface area contributed by atoms with Crippen LogP contribution in [0.3, 0.4) is 0 Å². The Morgan fingerprint density at radius 2 is 1.49 bits per heavy atom. The second-order valence-corrected chi connectivity index (χ2v) is 15.4. The molecule has 5 nitrogen and oxygen atoms in total. The lowest BCUT2D eigenvalue weighted by Gasteiger charge is -2.33. The summed E-state index contributed by atoms with van der Waals surface area (Å²) in [5.41, 5.74) is 4.57. The van der Waals surface area contributed by atoms with E-state index in [1.54, 1.807) is 11.8 Å². The number of ketones is 1. The SMILES string of the molecule is CC(=O)ON=C(CCC1CCCC1)c1ccc(Sc2ccc(C(=O)c3cc4cc(C(C)(C)CC(C)(C)C)ccc4o3)cc2)cc1. The molecule has 0 atom stereocenters. The maximum absolute atomic E-state index is 13.3. The molecule has 1 heterocycles. The zero-order chi connectivity index (χ0) is 32.2. The highest BCUT2D eigenvalue weighted by atomic mass is 32.2. The quantitative estimate of drug-likeness (QED) is 0.0719. The number of hydrogen-bond acceptors (Lipinski definition) is 6. The molecule has 1 fully saturated rings. The van der Waals surface area contributed by atoms with E-state index in [4.69, 9.17) is 9.25 Å². The molecule has 0 amide bonds. The molecule has 1 aliphatic rings. The van der Waals surface area contributed by atoms with Crippen molar-refractivity contribution in [3.05, 3.63) is 95.2 Å². The van der Waals surface area contributed by atoms with Crippen molar-refractivity contribution in [3.8, 4) is 0 Å². The van der Waals surface area contributed by atoms with Gasteiger partial charge in [0.25, 0.3) is 0 Å². The molecule has 1 saturated carbocycles. The molecule has 0 radical (unpaired) electrons. The topological polar surface area (TPSA) is 68.9 Å². The fourth-order valence-corrected chi connectivity index (χ4v) is 7.49. The second kappa shape index (κ2) is 13.8. The van der Waals surface area contributed by atoms with Crippen LogP contribution in [0.2, 0.25) is 0 Å². The molecule has 6 heteroatoms. The summed E-state index contributed by atoms with van der Waals surface area (Å²) in [6.07, 6.45) is 8.06. The summed E-state index contributed by atoms with van der Waals surface area (Å²) in [4.78, 5) is 31.9. The lowest BCUT2D eigenvalue weighted by molar-refractivity contribution is -0.140. The van der Waals surface area contributed by atoms with Crippen LogP contribution in [0, 0.1) is 11.3 Å². The van der Waals surface area contributed by atoms with Crippen molar-refractivity contribution in [1.82, 2.24) is 0 Å². The van der Waals surface area contributed by atoms with Crippen LogP contribution in [-0.2, 0) is 15.0 Å². The largest absolute Gasteiger partial charge is 0.453 e. The molecule has 0 N–H and O–H groups in total. The fraction of sp³-hybridized carbons (Fsp3) is 0.410. The van der Waals surface area contributed by atoms with Gasteiger partial charge in [0.15, 0.2) is 5.76 Å². The fourth-order valence-electron chi connectivity index (χ4n) is 6.67. The van der Waals surface area contributed by atoms with Crippen molar-refractivity contribution in [2.45, 2.75) is 102 Å². The zero-order valence-electron chi connectivity index (χ0n) is 27.4. The average Bonchev–Trinajstić information content (AvgIpc) is 3.66. The standard InChI is InChI=1S/C39H45NO4S/c1-26(41)44-40-34(21-11-27-9-7-8-10-27)28-12-17-32(18-13-28)45-33-19-14-29(15-20-33)37(42)36-24-30-23-31(16-22-35(30)43-36)39(5,6)25-38(2,3)4/h12-20,22-24,27H,7-11,21,25H2,1-6H3. The van der Waals surface area contributed by atoms with Gasteiger partial charge >= 0.3 is 5.97 Å². The van der Waals surface area contributed by atoms with E-state index in [2.05, 4.69) is 64.0 Å². The Kier molecular flexibility index (Phi) is 10.0. The summed E-state index contributed by atoms with van der Waals surface area (Å²) in [6, 6.07) is 24.0. The smallest absolute Gasteiger partial charge is 0.331 e.